The molecule has 0 atom stereocenters. The van der Waals surface area contributed by atoms with E-state index in [1.54, 1.807) is 12.3 Å². The first-order chi connectivity index (χ1) is 10.6. The Bertz CT molecular complexity index is 637. The summed E-state index contributed by atoms with van der Waals surface area (Å²) in [6, 6.07) is 13.6. The molecule has 0 aromatic heterocycles. The van der Waals surface area contributed by atoms with Crippen molar-refractivity contribution in [3.05, 3.63) is 53.6 Å². The lowest BCUT2D eigenvalue weighted by atomic mass is 10.2. The van der Waals surface area contributed by atoms with Crippen LogP contribution in [0, 0.1) is 6.92 Å². The van der Waals surface area contributed by atoms with Gasteiger partial charge in [-0.1, -0.05) is 17.7 Å². The van der Waals surface area contributed by atoms with Crippen LogP contribution in [0.1, 0.15) is 25.0 Å². The van der Waals surface area contributed by atoms with Crippen molar-refractivity contribution in [1.29, 1.82) is 0 Å². The van der Waals surface area contributed by atoms with Gasteiger partial charge in [-0.05, 0) is 45.0 Å². The molecule has 0 unspecified atom stereocenters. The van der Waals surface area contributed by atoms with Gasteiger partial charge in [0, 0.05) is 30.4 Å². The maximum absolute atomic E-state index is 10.1. The van der Waals surface area contributed by atoms with E-state index in [4.69, 9.17) is 0 Å². The van der Waals surface area contributed by atoms with Crippen molar-refractivity contribution in [2.45, 2.75) is 20.8 Å². The van der Waals surface area contributed by atoms with Crippen LogP contribution in [0.3, 0.4) is 0 Å². The largest absolute Gasteiger partial charge is 0.507 e. The molecule has 0 aliphatic heterocycles. The summed E-state index contributed by atoms with van der Waals surface area (Å²) in [5.74, 6) is 0.235. The molecular formula is C18H24ClN3O. The van der Waals surface area contributed by atoms with E-state index in [9.17, 15) is 5.11 Å². The maximum atomic E-state index is 10.1. The number of benzene rings is 2. The highest BCUT2D eigenvalue weighted by Gasteiger charge is 2.05. The van der Waals surface area contributed by atoms with Crippen LogP contribution in [0.5, 0.6) is 5.75 Å². The van der Waals surface area contributed by atoms with Crippen LogP contribution in [0.15, 0.2) is 47.6 Å². The smallest absolute Gasteiger partial charge is 0.126 e. The lowest BCUT2D eigenvalue weighted by Crippen LogP contribution is -2.21. The van der Waals surface area contributed by atoms with Gasteiger partial charge in [-0.3, -0.25) is 5.43 Å². The highest BCUT2D eigenvalue weighted by molar-refractivity contribution is 5.85. The van der Waals surface area contributed by atoms with E-state index in [1.165, 1.54) is 5.56 Å². The Morgan fingerprint density at radius 2 is 1.74 bits per heavy atom. The van der Waals surface area contributed by atoms with Gasteiger partial charge in [0.25, 0.3) is 0 Å². The van der Waals surface area contributed by atoms with Crippen LogP contribution >= 0.6 is 12.4 Å². The Morgan fingerprint density at radius 3 is 2.30 bits per heavy atom. The molecule has 0 saturated heterocycles. The lowest BCUT2D eigenvalue weighted by molar-refractivity contribution is 0.474. The predicted octanol–water partition coefficient (Wildman–Crippen LogP) is 4.41. The van der Waals surface area contributed by atoms with Gasteiger partial charge in [0.2, 0.25) is 0 Å². The number of anilines is 2. The minimum atomic E-state index is 0. The van der Waals surface area contributed by atoms with Crippen LogP contribution in [0.2, 0.25) is 0 Å². The number of rotatable bonds is 6. The van der Waals surface area contributed by atoms with Gasteiger partial charge in [-0.25, -0.2) is 0 Å². The molecule has 0 aliphatic carbocycles. The Labute approximate surface area is 144 Å². The van der Waals surface area contributed by atoms with Gasteiger partial charge < -0.3 is 10.0 Å². The minimum Gasteiger partial charge on any atom is -0.507 e. The third-order valence-electron chi connectivity index (χ3n) is 3.59. The number of halogens is 1. The van der Waals surface area contributed by atoms with Crippen molar-refractivity contribution in [2.75, 3.05) is 23.4 Å². The third-order valence-corrected chi connectivity index (χ3v) is 3.59. The summed E-state index contributed by atoms with van der Waals surface area (Å²) in [5, 5.41) is 14.3. The average molecular weight is 334 g/mol. The fourth-order valence-corrected chi connectivity index (χ4v) is 2.23. The highest BCUT2D eigenvalue weighted by Crippen LogP contribution is 2.23. The monoisotopic (exact) mass is 333 g/mol. The van der Waals surface area contributed by atoms with Gasteiger partial charge in [0.15, 0.2) is 0 Å². The van der Waals surface area contributed by atoms with E-state index in [0.29, 0.717) is 5.56 Å². The molecule has 0 radical (unpaired) electrons. The number of aryl methyl sites for hydroxylation is 1. The van der Waals surface area contributed by atoms with Gasteiger partial charge in [0.1, 0.15) is 5.75 Å². The standard InChI is InChI=1S/C18H23N3O.ClH/c1-4-21(5-2)17-11-8-15(18(22)12-17)13-19-20-16-9-6-14(3)7-10-16;/h6-13,20,22H,4-5H2,1-3H3;1H/b19-13+;. The molecular weight excluding hydrogens is 310 g/mol. The van der Waals surface area contributed by atoms with Gasteiger partial charge in [-0.2, -0.15) is 5.10 Å². The Kier molecular flexibility index (Phi) is 7.42. The first-order valence-corrected chi connectivity index (χ1v) is 7.57. The zero-order chi connectivity index (χ0) is 15.9. The molecule has 4 nitrogen and oxygen atoms in total. The number of hydrogen-bond acceptors (Lipinski definition) is 4. The number of nitrogens with one attached hydrogen (secondary N) is 1. The van der Waals surface area contributed by atoms with Gasteiger partial charge in [0.05, 0.1) is 11.9 Å². The molecule has 2 aromatic rings. The second kappa shape index (κ2) is 9.06. The number of nitrogens with zero attached hydrogens (tertiary/aromatic N) is 2. The predicted molar refractivity (Wildman–Crippen MR) is 101 cm³/mol. The maximum Gasteiger partial charge on any atom is 0.126 e. The van der Waals surface area contributed by atoms with Crippen molar-refractivity contribution < 1.29 is 5.11 Å². The second-order valence-electron chi connectivity index (χ2n) is 5.15. The number of aromatic hydroxyl groups is 1. The molecule has 0 aliphatic rings. The fraction of sp³-hybridized carbons (Fsp3) is 0.278. The summed E-state index contributed by atoms with van der Waals surface area (Å²) in [5.41, 5.74) is 6.79. The number of phenols is 1. The SMILES string of the molecule is CCN(CC)c1ccc(/C=N/Nc2ccc(C)cc2)c(O)c1.Cl. The van der Waals surface area contributed by atoms with E-state index < -0.39 is 0 Å². The molecule has 0 heterocycles. The van der Waals surface area contributed by atoms with Crippen molar-refractivity contribution in [1.82, 2.24) is 0 Å². The Morgan fingerprint density at radius 1 is 1.09 bits per heavy atom. The molecule has 5 heteroatoms. The zero-order valence-corrected chi connectivity index (χ0v) is 14.6. The topological polar surface area (TPSA) is 47.9 Å². The van der Waals surface area contributed by atoms with E-state index >= 15 is 0 Å². The molecule has 0 fully saturated rings. The van der Waals surface area contributed by atoms with Crippen molar-refractivity contribution in [3.8, 4) is 5.75 Å². The van der Waals surface area contributed by atoms with Crippen LogP contribution in [-0.4, -0.2) is 24.4 Å². The Balaban J connectivity index is 0.00000264. The number of hydrogen-bond donors (Lipinski definition) is 2. The Hall–Kier alpha value is -2.20. The molecule has 2 N–H and O–H groups in total. The molecule has 0 spiro atoms. The van der Waals surface area contributed by atoms with Gasteiger partial charge >= 0.3 is 0 Å². The summed E-state index contributed by atoms with van der Waals surface area (Å²) in [6.45, 7) is 8.07. The third kappa shape index (κ3) is 5.18. The van der Waals surface area contributed by atoms with Crippen molar-refractivity contribution in [2.24, 2.45) is 5.10 Å². The number of phenolic OH excluding ortho intramolecular Hbond substituents is 1. The fourth-order valence-electron chi connectivity index (χ4n) is 2.23. The lowest BCUT2D eigenvalue weighted by Gasteiger charge is -2.21. The van der Waals surface area contributed by atoms with E-state index in [1.807, 2.05) is 43.3 Å². The molecule has 0 saturated carbocycles. The number of hydrazone groups is 1. The van der Waals surface area contributed by atoms with Crippen LogP contribution in [-0.2, 0) is 0 Å². The summed E-state index contributed by atoms with van der Waals surface area (Å²) in [7, 11) is 0. The highest BCUT2D eigenvalue weighted by atomic mass is 35.5. The zero-order valence-electron chi connectivity index (χ0n) is 13.8. The van der Waals surface area contributed by atoms with E-state index in [-0.39, 0.29) is 18.2 Å². The van der Waals surface area contributed by atoms with Gasteiger partial charge in [-0.15, -0.1) is 12.4 Å². The first kappa shape index (κ1) is 18.8. The quantitative estimate of drug-likeness (QED) is 0.608. The minimum absolute atomic E-state index is 0. The molecule has 23 heavy (non-hydrogen) atoms. The van der Waals surface area contributed by atoms with Crippen LogP contribution in [0.25, 0.3) is 0 Å². The van der Waals surface area contributed by atoms with E-state index in [2.05, 4.69) is 29.3 Å². The summed E-state index contributed by atoms with van der Waals surface area (Å²) >= 11 is 0. The van der Waals surface area contributed by atoms with Crippen LogP contribution < -0.4 is 10.3 Å². The molecule has 2 aromatic carbocycles. The van der Waals surface area contributed by atoms with Crippen molar-refractivity contribution >= 4 is 30.0 Å². The summed E-state index contributed by atoms with van der Waals surface area (Å²) < 4.78 is 0. The first-order valence-electron chi connectivity index (χ1n) is 7.57. The van der Waals surface area contributed by atoms with Crippen LogP contribution in [0.4, 0.5) is 11.4 Å². The summed E-state index contributed by atoms with van der Waals surface area (Å²) in [6.07, 6.45) is 1.63. The van der Waals surface area contributed by atoms with E-state index in [0.717, 1.165) is 24.5 Å². The normalized spacial score (nSPS) is 10.4. The summed E-state index contributed by atoms with van der Waals surface area (Å²) in [4.78, 5) is 2.19. The molecule has 124 valence electrons. The molecule has 2 rings (SSSR count). The molecule has 0 bridgehead atoms. The second-order valence-corrected chi connectivity index (χ2v) is 5.15. The molecule has 0 amide bonds. The van der Waals surface area contributed by atoms with Crippen molar-refractivity contribution in [3.63, 3.8) is 0 Å². The average Bonchev–Trinajstić information content (AvgIpc) is 2.52.